The van der Waals surface area contributed by atoms with E-state index in [1.54, 1.807) is 7.11 Å². The van der Waals surface area contributed by atoms with E-state index in [1.807, 2.05) is 0 Å². The standard InChI is InChI=1S/C16H27NO3/c1-14(2)15-4-6-16(7-5-15)17-8-9-19-12-13-20-11-10-18-3/h4-7,14,17H,8-13H2,1-3H3. The summed E-state index contributed by atoms with van der Waals surface area (Å²) in [5.74, 6) is 0.575. The second-order valence-corrected chi connectivity index (χ2v) is 4.92. The monoisotopic (exact) mass is 281 g/mol. The molecule has 1 N–H and O–H groups in total. The van der Waals surface area contributed by atoms with Crippen LogP contribution in [0.1, 0.15) is 25.3 Å². The summed E-state index contributed by atoms with van der Waals surface area (Å²) in [6, 6.07) is 8.56. The average Bonchev–Trinajstić information content (AvgIpc) is 2.46. The third kappa shape index (κ3) is 7.48. The Morgan fingerprint density at radius 3 is 2.10 bits per heavy atom. The van der Waals surface area contributed by atoms with E-state index >= 15 is 0 Å². The third-order valence-electron chi connectivity index (χ3n) is 2.96. The first-order valence-electron chi connectivity index (χ1n) is 7.22. The van der Waals surface area contributed by atoms with Gasteiger partial charge in [-0.05, 0) is 23.6 Å². The van der Waals surface area contributed by atoms with Crippen LogP contribution in [0.4, 0.5) is 5.69 Å². The summed E-state index contributed by atoms with van der Waals surface area (Å²) in [6.07, 6.45) is 0. The van der Waals surface area contributed by atoms with E-state index in [9.17, 15) is 0 Å². The molecule has 0 saturated carbocycles. The maximum Gasteiger partial charge on any atom is 0.0701 e. The van der Waals surface area contributed by atoms with E-state index < -0.39 is 0 Å². The molecule has 1 aromatic rings. The molecule has 1 aromatic carbocycles. The summed E-state index contributed by atoms with van der Waals surface area (Å²) in [5, 5.41) is 3.34. The van der Waals surface area contributed by atoms with Crippen molar-refractivity contribution in [3.63, 3.8) is 0 Å². The molecule has 0 amide bonds. The molecule has 0 heterocycles. The quantitative estimate of drug-likeness (QED) is 0.633. The molecule has 0 fully saturated rings. The zero-order valence-electron chi connectivity index (χ0n) is 12.9. The zero-order chi connectivity index (χ0) is 14.6. The van der Waals surface area contributed by atoms with Gasteiger partial charge in [0.05, 0.1) is 33.0 Å². The van der Waals surface area contributed by atoms with E-state index in [-0.39, 0.29) is 0 Å². The summed E-state index contributed by atoms with van der Waals surface area (Å²) in [5.41, 5.74) is 2.49. The van der Waals surface area contributed by atoms with Gasteiger partial charge in [-0.15, -0.1) is 0 Å². The van der Waals surface area contributed by atoms with E-state index in [4.69, 9.17) is 14.2 Å². The predicted molar refractivity (Wildman–Crippen MR) is 82.5 cm³/mol. The predicted octanol–water partition coefficient (Wildman–Crippen LogP) is 2.90. The van der Waals surface area contributed by atoms with Crippen LogP contribution >= 0.6 is 0 Å². The molecule has 0 radical (unpaired) electrons. The van der Waals surface area contributed by atoms with Crippen molar-refractivity contribution in [2.24, 2.45) is 0 Å². The van der Waals surface area contributed by atoms with E-state index in [1.165, 1.54) is 5.56 Å². The number of ether oxygens (including phenoxy) is 3. The van der Waals surface area contributed by atoms with E-state index in [0.717, 1.165) is 12.2 Å². The van der Waals surface area contributed by atoms with Gasteiger partial charge in [0.15, 0.2) is 0 Å². The Labute approximate surface area is 122 Å². The molecule has 114 valence electrons. The number of hydrogen-bond acceptors (Lipinski definition) is 4. The van der Waals surface area contributed by atoms with Crippen molar-refractivity contribution in [3.8, 4) is 0 Å². The van der Waals surface area contributed by atoms with Gasteiger partial charge >= 0.3 is 0 Å². The van der Waals surface area contributed by atoms with Crippen molar-refractivity contribution >= 4 is 5.69 Å². The van der Waals surface area contributed by atoms with Gasteiger partial charge in [0.25, 0.3) is 0 Å². The van der Waals surface area contributed by atoms with Crippen molar-refractivity contribution in [3.05, 3.63) is 29.8 Å². The summed E-state index contributed by atoms with van der Waals surface area (Å²) in [6.45, 7) is 8.38. The number of benzene rings is 1. The molecule has 0 spiro atoms. The fourth-order valence-electron chi connectivity index (χ4n) is 1.72. The molecule has 0 unspecified atom stereocenters. The lowest BCUT2D eigenvalue weighted by Crippen LogP contribution is -2.13. The normalized spacial score (nSPS) is 11.0. The highest BCUT2D eigenvalue weighted by atomic mass is 16.5. The lowest BCUT2D eigenvalue weighted by atomic mass is 10.0. The van der Waals surface area contributed by atoms with Crippen LogP contribution in [0.25, 0.3) is 0 Å². The summed E-state index contributed by atoms with van der Waals surface area (Å²) < 4.78 is 15.7. The first kappa shape index (κ1) is 17.0. The Balaban J connectivity index is 2.01. The van der Waals surface area contributed by atoms with Gasteiger partial charge in [0.2, 0.25) is 0 Å². The van der Waals surface area contributed by atoms with Crippen molar-refractivity contribution in [1.29, 1.82) is 0 Å². The maximum absolute atomic E-state index is 5.47. The molecule has 0 bridgehead atoms. The molecule has 0 aliphatic carbocycles. The Kier molecular flexibility index (Phi) is 9.04. The Hall–Kier alpha value is -1.10. The van der Waals surface area contributed by atoms with E-state index in [2.05, 4.69) is 43.4 Å². The van der Waals surface area contributed by atoms with Crippen LogP contribution in [0.2, 0.25) is 0 Å². The van der Waals surface area contributed by atoms with Crippen LogP contribution in [-0.2, 0) is 14.2 Å². The summed E-state index contributed by atoms with van der Waals surface area (Å²) >= 11 is 0. The molecular weight excluding hydrogens is 254 g/mol. The van der Waals surface area contributed by atoms with Crippen LogP contribution in [0.5, 0.6) is 0 Å². The zero-order valence-corrected chi connectivity index (χ0v) is 12.9. The van der Waals surface area contributed by atoms with Gasteiger partial charge in [-0.3, -0.25) is 0 Å². The lowest BCUT2D eigenvalue weighted by Gasteiger charge is -2.10. The molecule has 0 aliphatic heterocycles. The summed E-state index contributed by atoms with van der Waals surface area (Å²) in [7, 11) is 1.67. The van der Waals surface area contributed by atoms with Gasteiger partial charge < -0.3 is 19.5 Å². The molecule has 0 aromatic heterocycles. The Morgan fingerprint density at radius 2 is 1.50 bits per heavy atom. The second kappa shape index (κ2) is 10.7. The average molecular weight is 281 g/mol. The Bertz CT molecular complexity index is 338. The van der Waals surface area contributed by atoms with Crippen molar-refractivity contribution < 1.29 is 14.2 Å². The number of anilines is 1. The molecular formula is C16H27NO3. The smallest absolute Gasteiger partial charge is 0.0701 e. The fraction of sp³-hybridized carbons (Fsp3) is 0.625. The molecule has 4 nitrogen and oxygen atoms in total. The van der Waals surface area contributed by atoms with Crippen molar-refractivity contribution in [1.82, 2.24) is 0 Å². The van der Waals surface area contributed by atoms with Crippen molar-refractivity contribution in [2.75, 3.05) is 52.0 Å². The first-order chi connectivity index (χ1) is 9.74. The molecule has 0 aliphatic rings. The number of rotatable bonds is 11. The minimum atomic E-state index is 0.575. The van der Waals surface area contributed by atoms with Crippen LogP contribution in [0.3, 0.4) is 0 Å². The van der Waals surface area contributed by atoms with Gasteiger partial charge in [-0.25, -0.2) is 0 Å². The topological polar surface area (TPSA) is 39.7 Å². The molecule has 20 heavy (non-hydrogen) atoms. The van der Waals surface area contributed by atoms with Crippen molar-refractivity contribution in [2.45, 2.75) is 19.8 Å². The van der Waals surface area contributed by atoms with Crippen LogP contribution in [0, 0.1) is 0 Å². The highest BCUT2D eigenvalue weighted by Gasteiger charge is 1.98. The van der Waals surface area contributed by atoms with Gasteiger partial charge in [0.1, 0.15) is 0 Å². The first-order valence-corrected chi connectivity index (χ1v) is 7.22. The van der Waals surface area contributed by atoms with Crippen LogP contribution < -0.4 is 5.32 Å². The van der Waals surface area contributed by atoms with Crippen LogP contribution in [0.15, 0.2) is 24.3 Å². The van der Waals surface area contributed by atoms with Crippen LogP contribution in [-0.4, -0.2) is 46.7 Å². The second-order valence-electron chi connectivity index (χ2n) is 4.92. The molecule has 0 saturated heterocycles. The molecule has 4 heteroatoms. The highest BCUT2D eigenvalue weighted by molar-refractivity contribution is 5.45. The van der Waals surface area contributed by atoms with Gasteiger partial charge in [-0.1, -0.05) is 26.0 Å². The van der Waals surface area contributed by atoms with Gasteiger partial charge in [0, 0.05) is 19.3 Å². The van der Waals surface area contributed by atoms with E-state index in [0.29, 0.717) is 39.0 Å². The number of nitrogens with one attached hydrogen (secondary N) is 1. The maximum atomic E-state index is 5.47. The number of hydrogen-bond donors (Lipinski definition) is 1. The minimum absolute atomic E-state index is 0.575. The summed E-state index contributed by atoms with van der Waals surface area (Å²) in [4.78, 5) is 0. The SMILES string of the molecule is COCCOCCOCCNc1ccc(C(C)C)cc1. The lowest BCUT2D eigenvalue weighted by molar-refractivity contribution is 0.0272. The fourth-order valence-corrected chi connectivity index (χ4v) is 1.72. The number of methoxy groups -OCH3 is 1. The highest BCUT2D eigenvalue weighted by Crippen LogP contribution is 2.16. The largest absolute Gasteiger partial charge is 0.383 e. The Morgan fingerprint density at radius 1 is 0.900 bits per heavy atom. The molecule has 1 rings (SSSR count). The van der Waals surface area contributed by atoms with Gasteiger partial charge in [-0.2, -0.15) is 0 Å². The minimum Gasteiger partial charge on any atom is -0.383 e. The third-order valence-corrected chi connectivity index (χ3v) is 2.96. The molecule has 0 atom stereocenters.